The Morgan fingerprint density at radius 1 is 1.27 bits per heavy atom. The molecule has 0 heterocycles. The van der Waals surface area contributed by atoms with Crippen molar-refractivity contribution in [2.45, 2.75) is 32.1 Å². The Morgan fingerprint density at radius 2 is 2.09 bits per heavy atom. The van der Waals surface area contributed by atoms with E-state index in [4.69, 9.17) is 0 Å². The van der Waals surface area contributed by atoms with Crippen LogP contribution < -0.4 is 0 Å². The third kappa shape index (κ3) is 1.26. The molecular formula is C9H13O2. The van der Waals surface area contributed by atoms with Gasteiger partial charge in [0, 0.05) is 0 Å². The third-order valence-corrected chi connectivity index (χ3v) is 3.31. The zero-order chi connectivity index (χ0) is 7.84. The van der Waals surface area contributed by atoms with Gasteiger partial charge in [-0.1, -0.05) is 6.42 Å². The molecule has 2 aliphatic carbocycles. The lowest BCUT2D eigenvalue weighted by molar-refractivity contribution is -0.144. The molecule has 2 bridgehead atoms. The molecule has 11 heavy (non-hydrogen) atoms. The first-order chi connectivity index (χ1) is 5.25. The van der Waals surface area contributed by atoms with E-state index in [0.29, 0.717) is 12.3 Å². The summed E-state index contributed by atoms with van der Waals surface area (Å²) in [5.74, 6) is 1.17. The highest BCUT2D eigenvalue weighted by Crippen LogP contribution is 2.49. The largest absolute Gasteiger partial charge is 0.355 e. The SMILES string of the molecule is [O]C(=O)CC1CC2CCC1C2. The summed E-state index contributed by atoms with van der Waals surface area (Å²) in [6, 6.07) is 0. The summed E-state index contributed by atoms with van der Waals surface area (Å²) < 4.78 is 0. The van der Waals surface area contributed by atoms with E-state index in [2.05, 4.69) is 0 Å². The Balaban J connectivity index is 1.92. The molecule has 3 unspecified atom stereocenters. The highest BCUT2D eigenvalue weighted by Gasteiger charge is 2.40. The molecule has 61 valence electrons. The molecule has 0 aromatic heterocycles. The summed E-state index contributed by atoms with van der Waals surface area (Å²) in [6.07, 6.45) is 5.36. The summed E-state index contributed by atoms with van der Waals surface area (Å²) in [4.78, 5) is 10.3. The van der Waals surface area contributed by atoms with Crippen LogP contribution in [0.2, 0.25) is 0 Å². The van der Waals surface area contributed by atoms with Crippen LogP contribution in [0.25, 0.3) is 0 Å². The van der Waals surface area contributed by atoms with Crippen LogP contribution in [0.5, 0.6) is 0 Å². The summed E-state index contributed by atoms with van der Waals surface area (Å²) in [7, 11) is 0. The van der Waals surface area contributed by atoms with Gasteiger partial charge in [0.25, 0.3) is 0 Å². The van der Waals surface area contributed by atoms with Crippen LogP contribution in [0.1, 0.15) is 32.1 Å². The van der Waals surface area contributed by atoms with Crippen molar-refractivity contribution < 1.29 is 9.90 Å². The molecule has 3 atom stereocenters. The summed E-state index contributed by atoms with van der Waals surface area (Å²) in [5, 5.41) is 10.3. The molecule has 0 saturated heterocycles. The molecule has 2 fully saturated rings. The Labute approximate surface area is 66.6 Å². The fourth-order valence-corrected chi connectivity index (χ4v) is 2.84. The van der Waals surface area contributed by atoms with Crippen LogP contribution in [0.4, 0.5) is 0 Å². The van der Waals surface area contributed by atoms with Crippen LogP contribution in [0, 0.1) is 17.8 Å². The van der Waals surface area contributed by atoms with E-state index in [0.717, 1.165) is 18.3 Å². The maximum absolute atomic E-state index is 10.3. The fourth-order valence-electron chi connectivity index (χ4n) is 2.84. The lowest BCUT2D eigenvalue weighted by atomic mass is 9.86. The Hall–Kier alpha value is -0.530. The Bertz CT molecular complexity index is 176. The minimum Gasteiger partial charge on any atom is -0.247 e. The van der Waals surface area contributed by atoms with Gasteiger partial charge in [0.05, 0.1) is 6.42 Å². The Morgan fingerprint density at radius 3 is 2.55 bits per heavy atom. The smallest absolute Gasteiger partial charge is 0.247 e. The maximum Gasteiger partial charge on any atom is 0.355 e. The van der Waals surface area contributed by atoms with Crippen molar-refractivity contribution in [1.29, 1.82) is 0 Å². The highest BCUT2D eigenvalue weighted by atomic mass is 16.4. The van der Waals surface area contributed by atoms with Gasteiger partial charge in [-0.3, -0.25) is 0 Å². The molecule has 2 rings (SSSR count). The first-order valence-corrected chi connectivity index (χ1v) is 4.45. The van der Waals surface area contributed by atoms with Crippen molar-refractivity contribution in [3.8, 4) is 0 Å². The normalized spacial score (nSPS) is 41.3. The van der Waals surface area contributed by atoms with Gasteiger partial charge in [-0.15, -0.1) is 0 Å². The maximum atomic E-state index is 10.3. The predicted molar refractivity (Wildman–Crippen MR) is 39.2 cm³/mol. The van der Waals surface area contributed by atoms with Gasteiger partial charge in [-0.25, -0.2) is 9.90 Å². The minimum absolute atomic E-state index is 0.307. The number of rotatable bonds is 2. The van der Waals surface area contributed by atoms with Crippen LogP contribution in [0.15, 0.2) is 0 Å². The predicted octanol–water partition coefficient (Wildman–Crippen LogP) is 1.77. The molecule has 2 heteroatoms. The van der Waals surface area contributed by atoms with Gasteiger partial charge < -0.3 is 0 Å². The van der Waals surface area contributed by atoms with E-state index < -0.39 is 5.97 Å². The van der Waals surface area contributed by atoms with Crippen molar-refractivity contribution >= 4 is 5.97 Å². The highest BCUT2D eigenvalue weighted by molar-refractivity contribution is 5.66. The standard InChI is InChI=1S/C9H13O2/c10-9(11)5-8-4-6-1-2-7(8)3-6/h6-8H,1-5H2. The van der Waals surface area contributed by atoms with Crippen LogP contribution in [-0.4, -0.2) is 5.97 Å². The number of carbonyl (C=O) groups is 1. The zero-order valence-electron chi connectivity index (χ0n) is 6.58. The molecule has 0 aliphatic heterocycles. The molecule has 2 saturated carbocycles. The molecule has 1 radical (unpaired) electrons. The van der Waals surface area contributed by atoms with E-state index in [9.17, 15) is 9.90 Å². The molecule has 0 spiro atoms. The molecule has 2 aliphatic rings. The number of carbonyl (C=O) groups excluding carboxylic acids is 1. The average molecular weight is 153 g/mol. The summed E-state index contributed by atoms with van der Waals surface area (Å²) in [5.41, 5.74) is 0. The van der Waals surface area contributed by atoms with Crippen molar-refractivity contribution in [3.63, 3.8) is 0 Å². The topological polar surface area (TPSA) is 37.0 Å². The lowest BCUT2D eigenvalue weighted by Gasteiger charge is -2.18. The summed E-state index contributed by atoms with van der Waals surface area (Å²) >= 11 is 0. The van der Waals surface area contributed by atoms with Crippen molar-refractivity contribution in [2.75, 3.05) is 0 Å². The fraction of sp³-hybridized carbons (Fsp3) is 0.889. The van der Waals surface area contributed by atoms with Gasteiger partial charge in [0.15, 0.2) is 0 Å². The zero-order valence-corrected chi connectivity index (χ0v) is 6.58. The van der Waals surface area contributed by atoms with Gasteiger partial charge in [0.2, 0.25) is 0 Å². The van der Waals surface area contributed by atoms with Gasteiger partial charge in [-0.2, -0.15) is 0 Å². The number of hydrogen-bond acceptors (Lipinski definition) is 1. The van der Waals surface area contributed by atoms with Crippen LogP contribution in [-0.2, 0) is 9.90 Å². The number of fused-ring (bicyclic) bond motifs is 2. The van der Waals surface area contributed by atoms with Crippen molar-refractivity contribution in [3.05, 3.63) is 0 Å². The van der Waals surface area contributed by atoms with E-state index in [-0.39, 0.29) is 0 Å². The second kappa shape index (κ2) is 2.50. The monoisotopic (exact) mass is 153 g/mol. The third-order valence-electron chi connectivity index (χ3n) is 3.31. The van der Waals surface area contributed by atoms with E-state index in [1.54, 1.807) is 0 Å². The molecule has 0 aromatic rings. The molecule has 2 nitrogen and oxygen atoms in total. The first kappa shape index (κ1) is 7.14. The average Bonchev–Trinajstić information content (AvgIpc) is 2.45. The number of hydrogen-bond donors (Lipinski definition) is 0. The molecule has 0 amide bonds. The minimum atomic E-state index is -0.859. The second-order valence-corrected chi connectivity index (χ2v) is 4.01. The van der Waals surface area contributed by atoms with E-state index in [1.807, 2.05) is 0 Å². The van der Waals surface area contributed by atoms with Crippen LogP contribution in [0.3, 0.4) is 0 Å². The first-order valence-electron chi connectivity index (χ1n) is 4.45. The molecule has 0 aromatic carbocycles. The van der Waals surface area contributed by atoms with Crippen molar-refractivity contribution in [1.82, 2.24) is 0 Å². The van der Waals surface area contributed by atoms with Gasteiger partial charge in [0.1, 0.15) is 0 Å². The molecular weight excluding hydrogens is 140 g/mol. The van der Waals surface area contributed by atoms with Gasteiger partial charge in [-0.05, 0) is 37.0 Å². The van der Waals surface area contributed by atoms with Gasteiger partial charge >= 0.3 is 5.97 Å². The lowest BCUT2D eigenvalue weighted by Crippen LogP contribution is -2.13. The Kier molecular flexibility index (Phi) is 1.63. The van der Waals surface area contributed by atoms with E-state index >= 15 is 0 Å². The van der Waals surface area contributed by atoms with E-state index in [1.165, 1.54) is 19.3 Å². The quantitative estimate of drug-likeness (QED) is 0.595. The summed E-state index contributed by atoms with van der Waals surface area (Å²) in [6.45, 7) is 0. The molecule has 0 N–H and O–H groups in total. The second-order valence-electron chi connectivity index (χ2n) is 4.01. The van der Waals surface area contributed by atoms with Crippen molar-refractivity contribution in [2.24, 2.45) is 17.8 Å². The van der Waals surface area contributed by atoms with Crippen LogP contribution >= 0.6 is 0 Å².